The third kappa shape index (κ3) is 4.68. The fraction of sp³-hybridized carbons (Fsp3) is 0.500. The van der Waals surface area contributed by atoms with E-state index in [0.717, 1.165) is 26.1 Å². The Kier molecular flexibility index (Phi) is 5.98. The SMILES string of the molecule is Cc1nc(C(C)(C)C)[nH]c(=O)c1C(=O)N1CCCN(Cc2ccccc2)CC1. The van der Waals surface area contributed by atoms with Gasteiger partial charge in [0.1, 0.15) is 11.4 Å². The van der Waals surface area contributed by atoms with Gasteiger partial charge in [-0.15, -0.1) is 0 Å². The summed E-state index contributed by atoms with van der Waals surface area (Å²) < 4.78 is 0. The van der Waals surface area contributed by atoms with E-state index in [4.69, 9.17) is 0 Å². The summed E-state index contributed by atoms with van der Waals surface area (Å²) in [5.74, 6) is 0.393. The third-order valence-corrected chi connectivity index (χ3v) is 5.15. The minimum atomic E-state index is -0.340. The molecular weight excluding hydrogens is 352 g/mol. The van der Waals surface area contributed by atoms with E-state index in [2.05, 4.69) is 27.0 Å². The number of hydrogen-bond donors (Lipinski definition) is 1. The minimum absolute atomic E-state index is 0.171. The van der Waals surface area contributed by atoms with Gasteiger partial charge in [-0.05, 0) is 18.9 Å². The molecular formula is C22H30N4O2. The molecule has 1 saturated heterocycles. The number of nitrogens with zero attached hydrogens (tertiary/aromatic N) is 3. The molecule has 150 valence electrons. The lowest BCUT2D eigenvalue weighted by molar-refractivity contribution is 0.0757. The van der Waals surface area contributed by atoms with Gasteiger partial charge in [0.15, 0.2) is 0 Å². The molecule has 28 heavy (non-hydrogen) atoms. The van der Waals surface area contributed by atoms with E-state index in [1.807, 2.05) is 39.0 Å². The summed E-state index contributed by atoms with van der Waals surface area (Å²) >= 11 is 0. The molecule has 1 aromatic carbocycles. The quantitative estimate of drug-likeness (QED) is 0.886. The fourth-order valence-corrected chi connectivity index (χ4v) is 3.52. The number of aromatic nitrogens is 2. The standard InChI is InChI=1S/C22H30N4O2/c1-16-18(19(27)24-21(23-16)22(2,3)4)20(28)26-12-8-11-25(13-14-26)15-17-9-6-5-7-10-17/h5-7,9-10H,8,11-15H2,1-4H3,(H,23,24,27). The summed E-state index contributed by atoms with van der Waals surface area (Å²) in [6.45, 7) is 11.6. The Labute approximate surface area is 166 Å². The first-order chi connectivity index (χ1) is 13.3. The number of amides is 1. The molecule has 0 unspecified atom stereocenters. The van der Waals surface area contributed by atoms with Crippen molar-refractivity contribution in [2.45, 2.75) is 46.1 Å². The Hall–Kier alpha value is -2.47. The Bertz CT molecular complexity index is 884. The van der Waals surface area contributed by atoms with Gasteiger partial charge in [0.05, 0.1) is 5.69 Å². The average Bonchev–Trinajstić information content (AvgIpc) is 2.87. The van der Waals surface area contributed by atoms with Crippen molar-refractivity contribution >= 4 is 5.91 Å². The fourth-order valence-electron chi connectivity index (χ4n) is 3.52. The molecule has 1 aliphatic heterocycles. The maximum absolute atomic E-state index is 13.1. The number of H-pyrrole nitrogens is 1. The maximum Gasteiger partial charge on any atom is 0.264 e. The van der Waals surface area contributed by atoms with Crippen LogP contribution in [0.1, 0.15) is 54.6 Å². The topological polar surface area (TPSA) is 69.3 Å². The van der Waals surface area contributed by atoms with Crippen molar-refractivity contribution < 1.29 is 4.79 Å². The van der Waals surface area contributed by atoms with E-state index in [9.17, 15) is 9.59 Å². The highest BCUT2D eigenvalue weighted by molar-refractivity contribution is 5.94. The van der Waals surface area contributed by atoms with Gasteiger partial charge in [0.2, 0.25) is 0 Å². The summed E-state index contributed by atoms with van der Waals surface area (Å²) in [6, 6.07) is 10.4. The second kappa shape index (κ2) is 8.27. The van der Waals surface area contributed by atoms with Crippen molar-refractivity contribution in [3.05, 3.63) is 63.3 Å². The Morgan fingerprint density at radius 2 is 1.82 bits per heavy atom. The molecule has 3 rings (SSSR count). The number of aryl methyl sites for hydroxylation is 1. The molecule has 0 radical (unpaired) electrons. The molecule has 1 amide bonds. The van der Waals surface area contributed by atoms with Crippen LogP contribution in [0, 0.1) is 6.92 Å². The molecule has 1 aliphatic rings. The highest BCUT2D eigenvalue weighted by Gasteiger charge is 2.26. The third-order valence-electron chi connectivity index (χ3n) is 5.15. The first kappa shape index (κ1) is 20.3. The zero-order valence-corrected chi connectivity index (χ0v) is 17.3. The van der Waals surface area contributed by atoms with Gasteiger partial charge in [-0.1, -0.05) is 51.1 Å². The van der Waals surface area contributed by atoms with Crippen LogP contribution in [0.25, 0.3) is 0 Å². The van der Waals surface area contributed by atoms with E-state index in [1.165, 1.54) is 5.56 Å². The number of benzene rings is 1. The van der Waals surface area contributed by atoms with Crippen LogP contribution in [0.3, 0.4) is 0 Å². The Morgan fingerprint density at radius 3 is 2.46 bits per heavy atom. The van der Waals surface area contributed by atoms with Crippen LogP contribution in [0.15, 0.2) is 35.1 Å². The molecule has 2 heterocycles. The molecule has 1 fully saturated rings. The summed E-state index contributed by atoms with van der Waals surface area (Å²) in [7, 11) is 0. The summed E-state index contributed by atoms with van der Waals surface area (Å²) in [4.78, 5) is 37.2. The van der Waals surface area contributed by atoms with Crippen LogP contribution in [0.5, 0.6) is 0 Å². The summed E-state index contributed by atoms with van der Waals surface area (Å²) in [5.41, 5.74) is 1.34. The van der Waals surface area contributed by atoms with Crippen LogP contribution in [0.2, 0.25) is 0 Å². The lowest BCUT2D eigenvalue weighted by Crippen LogP contribution is -2.39. The number of carbonyl (C=O) groups is 1. The molecule has 6 nitrogen and oxygen atoms in total. The summed E-state index contributed by atoms with van der Waals surface area (Å²) in [6.07, 6.45) is 0.892. The van der Waals surface area contributed by atoms with Crippen LogP contribution in [0.4, 0.5) is 0 Å². The van der Waals surface area contributed by atoms with Crippen LogP contribution >= 0.6 is 0 Å². The summed E-state index contributed by atoms with van der Waals surface area (Å²) in [5, 5.41) is 0. The van der Waals surface area contributed by atoms with Crippen LogP contribution in [-0.2, 0) is 12.0 Å². The molecule has 0 bridgehead atoms. The lowest BCUT2D eigenvalue weighted by atomic mass is 9.95. The predicted octanol–water partition coefficient (Wildman–Crippen LogP) is 2.72. The first-order valence-electron chi connectivity index (χ1n) is 9.92. The molecule has 1 aromatic heterocycles. The van der Waals surface area contributed by atoms with Crippen molar-refractivity contribution in [1.29, 1.82) is 0 Å². The normalized spacial score (nSPS) is 16.1. The van der Waals surface area contributed by atoms with E-state index < -0.39 is 0 Å². The number of rotatable bonds is 3. The van der Waals surface area contributed by atoms with Crippen molar-refractivity contribution in [2.24, 2.45) is 0 Å². The second-order valence-corrected chi connectivity index (χ2v) is 8.53. The largest absolute Gasteiger partial charge is 0.337 e. The van der Waals surface area contributed by atoms with Gasteiger partial charge in [0, 0.05) is 38.1 Å². The van der Waals surface area contributed by atoms with Crippen molar-refractivity contribution in [1.82, 2.24) is 19.8 Å². The van der Waals surface area contributed by atoms with E-state index in [-0.39, 0.29) is 22.4 Å². The molecule has 0 aliphatic carbocycles. The van der Waals surface area contributed by atoms with Gasteiger partial charge in [-0.25, -0.2) is 4.98 Å². The van der Waals surface area contributed by atoms with E-state index in [0.29, 0.717) is 24.6 Å². The molecule has 6 heteroatoms. The zero-order valence-electron chi connectivity index (χ0n) is 17.3. The van der Waals surface area contributed by atoms with Gasteiger partial charge in [-0.2, -0.15) is 0 Å². The van der Waals surface area contributed by atoms with Gasteiger partial charge in [0.25, 0.3) is 11.5 Å². The monoisotopic (exact) mass is 382 g/mol. The smallest absolute Gasteiger partial charge is 0.264 e. The zero-order chi connectivity index (χ0) is 20.3. The Balaban J connectivity index is 1.72. The molecule has 1 N–H and O–H groups in total. The Morgan fingerprint density at radius 1 is 1.11 bits per heavy atom. The minimum Gasteiger partial charge on any atom is -0.337 e. The molecule has 0 saturated carbocycles. The lowest BCUT2D eigenvalue weighted by Gasteiger charge is -2.23. The highest BCUT2D eigenvalue weighted by atomic mass is 16.2. The van der Waals surface area contributed by atoms with E-state index >= 15 is 0 Å². The average molecular weight is 383 g/mol. The van der Waals surface area contributed by atoms with Gasteiger partial charge >= 0.3 is 0 Å². The van der Waals surface area contributed by atoms with Crippen molar-refractivity contribution in [3.63, 3.8) is 0 Å². The van der Waals surface area contributed by atoms with E-state index in [1.54, 1.807) is 11.8 Å². The van der Waals surface area contributed by atoms with Crippen molar-refractivity contribution in [2.75, 3.05) is 26.2 Å². The number of carbonyl (C=O) groups excluding carboxylic acids is 1. The maximum atomic E-state index is 13.1. The second-order valence-electron chi connectivity index (χ2n) is 8.53. The number of aromatic amines is 1. The van der Waals surface area contributed by atoms with Crippen LogP contribution in [-0.4, -0.2) is 51.9 Å². The van der Waals surface area contributed by atoms with Crippen molar-refractivity contribution in [3.8, 4) is 0 Å². The molecule has 0 atom stereocenters. The molecule has 2 aromatic rings. The predicted molar refractivity (Wildman–Crippen MR) is 111 cm³/mol. The highest BCUT2D eigenvalue weighted by Crippen LogP contribution is 2.18. The van der Waals surface area contributed by atoms with Crippen LogP contribution < -0.4 is 5.56 Å². The van der Waals surface area contributed by atoms with Gasteiger partial charge < -0.3 is 9.88 Å². The first-order valence-corrected chi connectivity index (χ1v) is 9.92. The number of nitrogens with one attached hydrogen (secondary N) is 1. The number of hydrogen-bond acceptors (Lipinski definition) is 4. The molecule has 0 spiro atoms. The van der Waals surface area contributed by atoms with Gasteiger partial charge in [-0.3, -0.25) is 14.5 Å².